The minimum atomic E-state index is -3.51. The Balaban J connectivity index is 1.23. The Bertz CT molecular complexity index is 1260. The van der Waals surface area contributed by atoms with E-state index in [0.717, 1.165) is 43.4 Å². The second-order valence-electron chi connectivity index (χ2n) is 8.84. The number of fused-ring (bicyclic) bond motifs is 1. The lowest BCUT2D eigenvalue weighted by Gasteiger charge is -2.31. The third-order valence-corrected chi connectivity index (χ3v) is 8.60. The van der Waals surface area contributed by atoms with Gasteiger partial charge in [-0.3, -0.25) is 4.79 Å². The summed E-state index contributed by atoms with van der Waals surface area (Å²) in [6, 6.07) is 10.8. The van der Waals surface area contributed by atoms with E-state index in [4.69, 9.17) is 0 Å². The van der Waals surface area contributed by atoms with Crippen LogP contribution in [0.15, 0.2) is 47.4 Å². The van der Waals surface area contributed by atoms with E-state index >= 15 is 0 Å². The quantitative estimate of drug-likeness (QED) is 0.627. The maximum Gasteiger partial charge on any atom is 0.253 e. The molecule has 3 heterocycles. The van der Waals surface area contributed by atoms with E-state index in [0.29, 0.717) is 37.3 Å². The molecule has 1 aromatic heterocycles. The number of piperidine rings is 2. The van der Waals surface area contributed by atoms with E-state index in [1.807, 2.05) is 0 Å². The number of aromatic amines is 1. The molecule has 2 fully saturated rings. The third kappa shape index (κ3) is 4.39. The van der Waals surface area contributed by atoms with Crippen molar-refractivity contribution in [3.8, 4) is 0 Å². The predicted molar refractivity (Wildman–Crippen MR) is 123 cm³/mol. The van der Waals surface area contributed by atoms with Crippen LogP contribution in [-0.4, -0.2) is 59.7 Å². The molecule has 2 saturated heterocycles. The molecule has 2 aliphatic heterocycles. The Morgan fingerprint density at radius 3 is 2.36 bits per heavy atom. The molecule has 3 aromatic rings. The Morgan fingerprint density at radius 2 is 1.67 bits per heavy atom. The largest absolute Gasteiger partial charge is 0.342 e. The van der Waals surface area contributed by atoms with Crippen LogP contribution in [0.25, 0.3) is 11.0 Å². The van der Waals surface area contributed by atoms with Crippen molar-refractivity contribution in [2.45, 2.75) is 42.9 Å². The molecule has 0 radical (unpaired) electrons. The van der Waals surface area contributed by atoms with Gasteiger partial charge in [-0.1, -0.05) is 6.42 Å². The van der Waals surface area contributed by atoms with Gasteiger partial charge >= 0.3 is 0 Å². The van der Waals surface area contributed by atoms with Crippen molar-refractivity contribution in [3.63, 3.8) is 0 Å². The van der Waals surface area contributed by atoms with Crippen LogP contribution in [0.5, 0.6) is 0 Å². The molecule has 0 unspecified atom stereocenters. The summed E-state index contributed by atoms with van der Waals surface area (Å²) in [6.45, 7) is 2.28. The molecule has 0 atom stereocenters. The minimum Gasteiger partial charge on any atom is -0.342 e. The van der Waals surface area contributed by atoms with E-state index in [1.165, 1.54) is 28.6 Å². The number of halogens is 1. The number of likely N-dealkylation sites (tertiary alicyclic amines) is 1. The van der Waals surface area contributed by atoms with Crippen LogP contribution >= 0.6 is 0 Å². The lowest BCUT2D eigenvalue weighted by atomic mass is 9.95. The third-order valence-electron chi connectivity index (χ3n) is 6.69. The molecule has 2 aliphatic rings. The number of nitrogens with one attached hydrogen (secondary N) is 1. The molecular formula is C24H27FN4O3S. The first-order chi connectivity index (χ1) is 15.9. The smallest absolute Gasteiger partial charge is 0.253 e. The summed E-state index contributed by atoms with van der Waals surface area (Å²) >= 11 is 0. The zero-order valence-electron chi connectivity index (χ0n) is 18.3. The summed E-state index contributed by atoms with van der Waals surface area (Å²) in [7, 11) is -3.51. The van der Waals surface area contributed by atoms with Gasteiger partial charge in [-0.25, -0.2) is 17.8 Å². The highest BCUT2D eigenvalue weighted by atomic mass is 32.2. The Labute approximate surface area is 192 Å². The number of amides is 1. The SMILES string of the molecule is O=C(c1ccc(S(=O)(=O)N2CCCCC2)cc1)N1CCC(c2nc3ccc(F)cc3[nH]2)CC1. The van der Waals surface area contributed by atoms with Gasteiger partial charge in [0.05, 0.1) is 15.9 Å². The number of sulfonamides is 1. The molecule has 0 spiro atoms. The summed E-state index contributed by atoms with van der Waals surface area (Å²) in [6.07, 6.45) is 4.35. The normalized spacial score (nSPS) is 18.6. The van der Waals surface area contributed by atoms with Crippen LogP contribution in [0, 0.1) is 5.82 Å². The number of hydrogen-bond donors (Lipinski definition) is 1. The number of H-pyrrole nitrogens is 1. The van der Waals surface area contributed by atoms with E-state index < -0.39 is 10.0 Å². The first-order valence-electron chi connectivity index (χ1n) is 11.5. The Kier molecular flexibility index (Phi) is 5.92. The maximum absolute atomic E-state index is 13.4. The topological polar surface area (TPSA) is 86.4 Å². The lowest BCUT2D eigenvalue weighted by molar-refractivity contribution is 0.0711. The average molecular weight is 471 g/mol. The summed E-state index contributed by atoms with van der Waals surface area (Å²) < 4.78 is 40.6. The van der Waals surface area contributed by atoms with Crippen molar-refractivity contribution >= 4 is 27.0 Å². The number of carbonyl (C=O) groups is 1. The fourth-order valence-electron chi connectivity index (χ4n) is 4.76. The van der Waals surface area contributed by atoms with Crippen molar-refractivity contribution in [2.24, 2.45) is 0 Å². The Morgan fingerprint density at radius 1 is 0.970 bits per heavy atom. The molecule has 5 rings (SSSR count). The fraction of sp³-hybridized carbons (Fsp3) is 0.417. The van der Waals surface area contributed by atoms with Gasteiger partial charge in [0.25, 0.3) is 5.91 Å². The van der Waals surface area contributed by atoms with Gasteiger partial charge in [0.15, 0.2) is 0 Å². The number of rotatable bonds is 4. The highest BCUT2D eigenvalue weighted by Gasteiger charge is 2.28. The molecule has 2 aromatic carbocycles. The summed E-state index contributed by atoms with van der Waals surface area (Å²) in [5.74, 6) is 0.617. The van der Waals surface area contributed by atoms with E-state index in [2.05, 4.69) is 9.97 Å². The van der Waals surface area contributed by atoms with Crippen molar-refractivity contribution in [1.29, 1.82) is 0 Å². The van der Waals surface area contributed by atoms with Gasteiger partial charge in [0.1, 0.15) is 11.6 Å². The standard InChI is InChI=1S/C24H27FN4O3S/c25-19-6-9-21-22(16-19)27-23(26-21)17-10-14-28(15-11-17)24(30)18-4-7-20(8-5-18)33(31,32)29-12-2-1-3-13-29/h4-9,16-17H,1-3,10-15H2,(H,26,27). The van der Waals surface area contributed by atoms with Crippen molar-refractivity contribution < 1.29 is 17.6 Å². The van der Waals surface area contributed by atoms with Crippen LogP contribution < -0.4 is 0 Å². The fourth-order valence-corrected chi connectivity index (χ4v) is 6.27. The highest BCUT2D eigenvalue weighted by Crippen LogP contribution is 2.29. The second kappa shape index (κ2) is 8.87. The van der Waals surface area contributed by atoms with Gasteiger partial charge in [0.2, 0.25) is 10.0 Å². The Hall–Kier alpha value is -2.78. The molecular weight excluding hydrogens is 443 g/mol. The first-order valence-corrected chi connectivity index (χ1v) is 12.9. The average Bonchev–Trinajstić information content (AvgIpc) is 3.27. The van der Waals surface area contributed by atoms with Crippen LogP contribution in [0.3, 0.4) is 0 Å². The zero-order chi connectivity index (χ0) is 23.0. The van der Waals surface area contributed by atoms with Gasteiger partial charge < -0.3 is 9.88 Å². The number of imidazole rings is 1. The molecule has 33 heavy (non-hydrogen) atoms. The molecule has 174 valence electrons. The molecule has 9 heteroatoms. The number of aromatic nitrogens is 2. The molecule has 1 amide bonds. The first kappa shape index (κ1) is 22.0. The van der Waals surface area contributed by atoms with Gasteiger partial charge in [-0.15, -0.1) is 0 Å². The number of hydrogen-bond acceptors (Lipinski definition) is 4. The molecule has 0 bridgehead atoms. The maximum atomic E-state index is 13.4. The monoisotopic (exact) mass is 470 g/mol. The molecule has 1 N–H and O–H groups in total. The van der Waals surface area contributed by atoms with Gasteiger partial charge in [-0.2, -0.15) is 4.31 Å². The van der Waals surface area contributed by atoms with Gasteiger partial charge in [-0.05, 0) is 68.1 Å². The zero-order valence-corrected chi connectivity index (χ0v) is 19.2. The molecule has 0 aliphatic carbocycles. The lowest BCUT2D eigenvalue weighted by Crippen LogP contribution is -2.38. The summed E-state index contributed by atoms with van der Waals surface area (Å²) in [4.78, 5) is 22.8. The number of benzene rings is 2. The van der Waals surface area contributed by atoms with Crippen molar-refractivity contribution in [1.82, 2.24) is 19.2 Å². The van der Waals surface area contributed by atoms with E-state index in [-0.39, 0.29) is 22.5 Å². The molecule has 0 saturated carbocycles. The number of nitrogens with zero attached hydrogens (tertiary/aromatic N) is 3. The van der Waals surface area contributed by atoms with Crippen molar-refractivity contribution in [2.75, 3.05) is 26.2 Å². The van der Waals surface area contributed by atoms with E-state index in [1.54, 1.807) is 23.1 Å². The summed E-state index contributed by atoms with van der Waals surface area (Å²) in [5, 5.41) is 0. The highest BCUT2D eigenvalue weighted by molar-refractivity contribution is 7.89. The van der Waals surface area contributed by atoms with Gasteiger partial charge in [0, 0.05) is 37.7 Å². The van der Waals surface area contributed by atoms with Crippen molar-refractivity contribution in [3.05, 3.63) is 59.7 Å². The molecule has 7 nitrogen and oxygen atoms in total. The predicted octanol–water partition coefficient (Wildman–Crippen LogP) is 3.90. The second-order valence-corrected chi connectivity index (χ2v) is 10.8. The number of carbonyl (C=O) groups excluding carboxylic acids is 1. The van der Waals surface area contributed by atoms with Crippen LogP contribution in [0.2, 0.25) is 0 Å². The minimum absolute atomic E-state index is 0.0953. The van der Waals surface area contributed by atoms with E-state index in [9.17, 15) is 17.6 Å². The van der Waals surface area contributed by atoms with Crippen LogP contribution in [0.1, 0.15) is 54.2 Å². The summed E-state index contributed by atoms with van der Waals surface area (Å²) in [5.41, 5.74) is 1.91. The van der Waals surface area contributed by atoms with Crippen LogP contribution in [-0.2, 0) is 10.0 Å². The van der Waals surface area contributed by atoms with Crippen LogP contribution in [0.4, 0.5) is 4.39 Å².